The van der Waals surface area contributed by atoms with Gasteiger partial charge in [-0.3, -0.25) is 14.2 Å². The number of thioether (sulfide) groups is 1. The highest BCUT2D eigenvalue weighted by molar-refractivity contribution is 7.99. The molecule has 3 heterocycles. The van der Waals surface area contributed by atoms with E-state index in [-0.39, 0.29) is 23.3 Å². The molecular weight excluding hydrogens is 454 g/mol. The standard InChI is InChI=1S/C25H27N3O3S2/c1-16(2)28-24(30)22-17(3)18(4)33-23(22)26-25(28)32-15-21(29)27(14-20-11-8-12-31-20)13-19-9-6-5-7-10-19/h5-12,16H,13-15H2,1-4H3. The highest BCUT2D eigenvalue weighted by atomic mass is 32.2. The molecule has 0 saturated carbocycles. The molecule has 4 rings (SSSR count). The molecule has 0 aliphatic carbocycles. The van der Waals surface area contributed by atoms with Crippen molar-refractivity contribution in [3.63, 3.8) is 0 Å². The first-order chi connectivity index (χ1) is 15.8. The van der Waals surface area contributed by atoms with Crippen LogP contribution in [0.2, 0.25) is 0 Å². The van der Waals surface area contributed by atoms with Gasteiger partial charge in [-0.1, -0.05) is 42.1 Å². The molecule has 0 aliphatic rings. The molecule has 0 fully saturated rings. The van der Waals surface area contributed by atoms with E-state index in [1.807, 2.05) is 70.2 Å². The normalized spacial score (nSPS) is 11.4. The van der Waals surface area contributed by atoms with Crippen LogP contribution in [0.15, 0.2) is 63.1 Å². The van der Waals surface area contributed by atoms with Crippen LogP contribution >= 0.6 is 23.1 Å². The van der Waals surface area contributed by atoms with Crippen molar-refractivity contribution in [1.29, 1.82) is 0 Å². The monoisotopic (exact) mass is 481 g/mol. The maximum Gasteiger partial charge on any atom is 0.263 e. The van der Waals surface area contributed by atoms with Crippen LogP contribution in [-0.2, 0) is 17.9 Å². The van der Waals surface area contributed by atoms with E-state index in [2.05, 4.69) is 0 Å². The summed E-state index contributed by atoms with van der Waals surface area (Å²) in [4.78, 5) is 34.9. The minimum absolute atomic E-state index is 0.0384. The Labute approximate surface area is 201 Å². The summed E-state index contributed by atoms with van der Waals surface area (Å²) in [6.07, 6.45) is 1.61. The third-order valence-electron chi connectivity index (χ3n) is 5.54. The number of thiophene rings is 1. The number of carbonyl (C=O) groups is 1. The average Bonchev–Trinajstić information content (AvgIpc) is 3.39. The van der Waals surface area contributed by atoms with Gasteiger partial charge in [0.05, 0.1) is 23.9 Å². The molecule has 0 unspecified atom stereocenters. The largest absolute Gasteiger partial charge is 0.467 e. The fourth-order valence-electron chi connectivity index (χ4n) is 3.69. The van der Waals surface area contributed by atoms with Gasteiger partial charge in [-0.25, -0.2) is 4.98 Å². The zero-order valence-corrected chi connectivity index (χ0v) is 20.8. The lowest BCUT2D eigenvalue weighted by atomic mass is 10.2. The van der Waals surface area contributed by atoms with E-state index in [1.54, 1.807) is 15.7 Å². The van der Waals surface area contributed by atoms with Gasteiger partial charge in [0.25, 0.3) is 5.56 Å². The number of aryl methyl sites for hydroxylation is 2. The van der Waals surface area contributed by atoms with E-state index in [1.165, 1.54) is 23.1 Å². The van der Waals surface area contributed by atoms with Crippen molar-refractivity contribution in [3.05, 3.63) is 80.8 Å². The zero-order valence-electron chi connectivity index (χ0n) is 19.2. The summed E-state index contributed by atoms with van der Waals surface area (Å²) in [5.74, 6) is 0.873. The fourth-order valence-corrected chi connectivity index (χ4v) is 5.79. The highest BCUT2D eigenvalue weighted by Crippen LogP contribution is 2.29. The van der Waals surface area contributed by atoms with Gasteiger partial charge in [0.1, 0.15) is 10.6 Å². The van der Waals surface area contributed by atoms with Gasteiger partial charge in [-0.2, -0.15) is 0 Å². The van der Waals surface area contributed by atoms with Crippen LogP contribution in [0.1, 0.15) is 41.7 Å². The van der Waals surface area contributed by atoms with Crippen molar-refractivity contribution in [2.24, 2.45) is 0 Å². The molecular formula is C25H27N3O3S2. The zero-order chi connectivity index (χ0) is 23.5. The second-order valence-electron chi connectivity index (χ2n) is 8.23. The number of amides is 1. The third kappa shape index (κ3) is 5.07. The van der Waals surface area contributed by atoms with Crippen LogP contribution in [0, 0.1) is 13.8 Å². The van der Waals surface area contributed by atoms with Crippen LogP contribution in [0.3, 0.4) is 0 Å². The highest BCUT2D eigenvalue weighted by Gasteiger charge is 2.21. The predicted octanol–water partition coefficient (Wildman–Crippen LogP) is 5.57. The van der Waals surface area contributed by atoms with E-state index in [9.17, 15) is 9.59 Å². The predicted molar refractivity (Wildman–Crippen MR) is 134 cm³/mol. The van der Waals surface area contributed by atoms with Crippen LogP contribution in [0.4, 0.5) is 0 Å². The Hall–Kier alpha value is -2.84. The lowest BCUT2D eigenvalue weighted by Crippen LogP contribution is -2.32. The molecule has 0 spiro atoms. The molecule has 4 aromatic rings. The summed E-state index contributed by atoms with van der Waals surface area (Å²) in [6, 6.07) is 13.5. The van der Waals surface area contributed by atoms with Gasteiger partial charge in [0.15, 0.2) is 5.16 Å². The maximum atomic E-state index is 13.3. The summed E-state index contributed by atoms with van der Waals surface area (Å²) in [7, 11) is 0. The van der Waals surface area contributed by atoms with Crippen LogP contribution in [-0.4, -0.2) is 26.1 Å². The van der Waals surface area contributed by atoms with Crippen LogP contribution in [0.25, 0.3) is 10.2 Å². The Bertz CT molecular complexity index is 1310. The van der Waals surface area contributed by atoms with Crippen molar-refractivity contribution in [1.82, 2.24) is 14.5 Å². The van der Waals surface area contributed by atoms with Gasteiger partial charge < -0.3 is 9.32 Å². The molecule has 8 heteroatoms. The summed E-state index contributed by atoms with van der Waals surface area (Å²) in [5.41, 5.74) is 2.00. The molecule has 33 heavy (non-hydrogen) atoms. The Kier molecular flexibility index (Phi) is 7.05. The Balaban J connectivity index is 1.60. The summed E-state index contributed by atoms with van der Waals surface area (Å²) in [5, 5.41) is 1.26. The van der Waals surface area contributed by atoms with E-state index in [0.717, 1.165) is 26.6 Å². The molecule has 0 radical (unpaired) electrons. The van der Waals surface area contributed by atoms with Crippen LogP contribution < -0.4 is 5.56 Å². The molecule has 0 aliphatic heterocycles. The number of carbonyl (C=O) groups excluding carboxylic acids is 1. The molecule has 1 aromatic carbocycles. The maximum absolute atomic E-state index is 13.3. The number of benzene rings is 1. The average molecular weight is 482 g/mol. The van der Waals surface area contributed by atoms with E-state index < -0.39 is 0 Å². The number of hydrogen-bond acceptors (Lipinski definition) is 6. The van der Waals surface area contributed by atoms with Crippen molar-refractivity contribution < 1.29 is 9.21 Å². The second-order valence-corrected chi connectivity index (χ2v) is 10.4. The number of furan rings is 1. The summed E-state index contributed by atoms with van der Waals surface area (Å²) >= 11 is 2.84. The number of rotatable bonds is 8. The van der Waals surface area contributed by atoms with Gasteiger partial charge in [0.2, 0.25) is 5.91 Å². The van der Waals surface area contributed by atoms with Crippen molar-refractivity contribution in [3.8, 4) is 0 Å². The number of fused-ring (bicyclic) bond motifs is 1. The SMILES string of the molecule is Cc1sc2nc(SCC(=O)N(Cc3ccccc3)Cc3ccco3)n(C(C)C)c(=O)c2c1C. The second kappa shape index (κ2) is 9.97. The first-order valence-corrected chi connectivity index (χ1v) is 12.6. The summed E-state index contributed by atoms with van der Waals surface area (Å²) < 4.78 is 7.19. The third-order valence-corrected chi connectivity index (χ3v) is 7.58. The lowest BCUT2D eigenvalue weighted by molar-refractivity contribution is -0.129. The molecule has 0 bridgehead atoms. The topological polar surface area (TPSA) is 68.3 Å². The lowest BCUT2D eigenvalue weighted by Gasteiger charge is -2.22. The first kappa shape index (κ1) is 23.3. The Morgan fingerprint density at radius 3 is 2.58 bits per heavy atom. The number of hydrogen-bond donors (Lipinski definition) is 0. The minimum atomic E-state index is -0.0600. The quantitative estimate of drug-likeness (QED) is 0.243. The first-order valence-electron chi connectivity index (χ1n) is 10.8. The molecule has 0 saturated heterocycles. The Morgan fingerprint density at radius 2 is 1.91 bits per heavy atom. The van der Waals surface area contributed by atoms with Gasteiger partial charge in [-0.15, -0.1) is 11.3 Å². The molecule has 172 valence electrons. The summed E-state index contributed by atoms with van der Waals surface area (Å²) in [6.45, 7) is 8.77. The van der Waals surface area contributed by atoms with E-state index in [4.69, 9.17) is 9.40 Å². The number of aromatic nitrogens is 2. The molecule has 3 aromatic heterocycles. The van der Waals surface area contributed by atoms with Gasteiger partial charge in [-0.05, 0) is 51.0 Å². The van der Waals surface area contributed by atoms with Gasteiger partial charge in [0, 0.05) is 17.5 Å². The molecule has 0 atom stereocenters. The molecule has 0 N–H and O–H groups in total. The van der Waals surface area contributed by atoms with E-state index >= 15 is 0 Å². The Morgan fingerprint density at radius 1 is 1.15 bits per heavy atom. The smallest absolute Gasteiger partial charge is 0.263 e. The van der Waals surface area contributed by atoms with Crippen LogP contribution in [0.5, 0.6) is 0 Å². The number of nitrogens with zero attached hydrogens (tertiary/aromatic N) is 3. The minimum Gasteiger partial charge on any atom is -0.467 e. The fraction of sp³-hybridized carbons (Fsp3) is 0.320. The van der Waals surface area contributed by atoms with Crippen molar-refractivity contribution in [2.45, 2.75) is 52.0 Å². The molecule has 6 nitrogen and oxygen atoms in total. The van der Waals surface area contributed by atoms with Crippen molar-refractivity contribution in [2.75, 3.05) is 5.75 Å². The van der Waals surface area contributed by atoms with Crippen molar-refractivity contribution >= 4 is 39.2 Å². The molecule has 1 amide bonds. The van der Waals surface area contributed by atoms with E-state index in [0.29, 0.717) is 23.6 Å². The van der Waals surface area contributed by atoms with Gasteiger partial charge >= 0.3 is 0 Å².